The lowest BCUT2D eigenvalue weighted by Crippen LogP contribution is -2.10. The largest absolute Gasteiger partial charge is 0.445 e. The third-order valence-corrected chi connectivity index (χ3v) is 3.89. The van der Waals surface area contributed by atoms with Crippen LogP contribution in [-0.2, 0) is 6.42 Å². The fourth-order valence-electron chi connectivity index (χ4n) is 1.47. The van der Waals surface area contributed by atoms with Gasteiger partial charge in [0.15, 0.2) is 16.3 Å². The van der Waals surface area contributed by atoms with Crippen molar-refractivity contribution in [2.75, 3.05) is 0 Å². The Labute approximate surface area is 115 Å². The number of H-pyrrole nitrogens is 1. The van der Waals surface area contributed by atoms with Crippen LogP contribution < -0.4 is 5.56 Å². The lowest BCUT2D eigenvalue weighted by Gasteiger charge is -2.00. The van der Waals surface area contributed by atoms with Crippen molar-refractivity contribution in [3.05, 3.63) is 37.3 Å². The first-order valence-electron chi connectivity index (χ1n) is 5.15. The van der Waals surface area contributed by atoms with Crippen molar-refractivity contribution in [1.29, 1.82) is 0 Å². The van der Waals surface area contributed by atoms with E-state index in [1.165, 1.54) is 6.07 Å². The van der Waals surface area contributed by atoms with Gasteiger partial charge in [0.25, 0.3) is 5.56 Å². The van der Waals surface area contributed by atoms with Gasteiger partial charge in [0.2, 0.25) is 0 Å². The second kappa shape index (κ2) is 5.18. The molecular formula is C11H10Br2N2O2. The van der Waals surface area contributed by atoms with E-state index >= 15 is 0 Å². The highest BCUT2D eigenvalue weighted by molar-refractivity contribution is 9.13. The molecule has 6 heteroatoms. The van der Waals surface area contributed by atoms with Crippen LogP contribution in [0.1, 0.15) is 19.0 Å². The highest BCUT2D eigenvalue weighted by atomic mass is 79.9. The maximum atomic E-state index is 11.5. The van der Waals surface area contributed by atoms with Gasteiger partial charge in [0, 0.05) is 17.8 Å². The van der Waals surface area contributed by atoms with Crippen molar-refractivity contribution in [2.24, 2.45) is 0 Å². The number of hydrogen-bond donors (Lipinski definition) is 1. The molecule has 0 aliphatic carbocycles. The maximum Gasteiger partial charge on any atom is 0.251 e. The Morgan fingerprint density at radius 2 is 2.18 bits per heavy atom. The standard InChI is InChI=1S/C11H10Br2N2O2/c1-2-3-6-4-9(16)15-11(14-6)8-5-7(12)10(13)17-8/h4-5H,2-3H2,1H3,(H,14,15,16). The molecule has 0 unspecified atom stereocenters. The Kier molecular flexibility index (Phi) is 3.83. The Balaban J connectivity index is 2.47. The summed E-state index contributed by atoms with van der Waals surface area (Å²) >= 11 is 6.57. The minimum Gasteiger partial charge on any atom is -0.445 e. The zero-order valence-electron chi connectivity index (χ0n) is 9.09. The number of rotatable bonds is 3. The number of nitrogens with one attached hydrogen (secondary N) is 1. The van der Waals surface area contributed by atoms with Crippen molar-refractivity contribution >= 4 is 31.9 Å². The highest BCUT2D eigenvalue weighted by Crippen LogP contribution is 2.30. The van der Waals surface area contributed by atoms with Gasteiger partial charge in [-0.3, -0.25) is 4.79 Å². The SMILES string of the molecule is CCCc1cc(=O)[nH]c(-c2cc(Br)c(Br)o2)n1. The van der Waals surface area contributed by atoms with E-state index in [-0.39, 0.29) is 5.56 Å². The minimum absolute atomic E-state index is 0.165. The predicted octanol–water partition coefficient (Wildman–Crippen LogP) is 3.51. The van der Waals surface area contributed by atoms with E-state index in [9.17, 15) is 4.79 Å². The molecule has 0 radical (unpaired) electrons. The molecule has 0 atom stereocenters. The van der Waals surface area contributed by atoms with Crippen LogP contribution in [0, 0.1) is 0 Å². The Morgan fingerprint density at radius 1 is 1.41 bits per heavy atom. The summed E-state index contributed by atoms with van der Waals surface area (Å²) in [7, 11) is 0. The number of furan rings is 1. The molecule has 0 fully saturated rings. The van der Waals surface area contributed by atoms with Gasteiger partial charge in [-0.25, -0.2) is 4.98 Å². The van der Waals surface area contributed by atoms with Crippen LogP contribution in [0.5, 0.6) is 0 Å². The van der Waals surface area contributed by atoms with E-state index in [0.717, 1.165) is 23.0 Å². The summed E-state index contributed by atoms with van der Waals surface area (Å²) in [6.45, 7) is 2.04. The molecule has 1 N–H and O–H groups in total. The molecule has 0 spiro atoms. The molecule has 4 nitrogen and oxygen atoms in total. The van der Waals surface area contributed by atoms with Gasteiger partial charge in [-0.15, -0.1) is 0 Å². The van der Waals surface area contributed by atoms with E-state index in [1.54, 1.807) is 6.07 Å². The van der Waals surface area contributed by atoms with Gasteiger partial charge in [-0.1, -0.05) is 13.3 Å². The van der Waals surface area contributed by atoms with E-state index < -0.39 is 0 Å². The fourth-order valence-corrected chi connectivity index (χ4v) is 2.05. The van der Waals surface area contributed by atoms with Crippen LogP contribution in [0.15, 0.2) is 30.5 Å². The Bertz CT molecular complexity index is 570. The summed E-state index contributed by atoms with van der Waals surface area (Å²) in [5.41, 5.74) is 0.608. The van der Waals surface area contributed by atoms with Crippen molar-refractivity contribution in [3.8, 4) is 11.6 Å². The topological polar surface area (TPSA) is 58.9 Å². The predicted molar refractivity (Wildman–Crippen MR) is 72.0 cm³/mol. The third-order valence-electron chi connectivity index (χ3n) is 2.18. The summed E-state index contributed by atoms with van der Waals surface area (Å²) in [6.07, 6.45) is 1.72. The molecule has 2 aromatic rings. The molecule has 17 heavy (non-hydrogen) atoms. The van der Waals surface area contributed by atoms with Gasteiger partial charge in [-0.05, 0) is 38.3 Å². The van der Waals surface area contributed by atoms with Gasteiger partial charge >= 0.3 is 0 Å². The lowest BCUT2D eigenvalue weighted by atomic mass is 10.2. The molecule has 2 heterocycles. The second-order valence-corrected chi connectivity index (χ2v) is 5.14. The van der Waals surface area contributed by atoms with Gasteiger partial charge in [0.05, 0.1) is 4.47 Å². The molecule has 0 saturated heterocycles. The summed E-state index contributed by atoms with van der Waals surface area (Å²) in [5.74, 6) is 0.978. The fraction of sp³-hybridized carbons (Fsp3) is 0.273. The first kappa shape index (κ1) is 12.6. The van der Waals surface area contributed by atoms with E-state index in [4.69, 9.17) is 4.42 Å². The molecule has 2 rings (SSSR count). The van der Waals surface area contributed by atoms with Crippen LogP contribution in [0.4, 0.5) is 0 Å². The molecule has 0 aliphatic rings. The molecule has 90 valence electrons. The molecule has 0 aliphatic heterocycles. The first-order chi connectivity index (χ1) is 8.10. The molecule has 0 aromatic carbocycles. The first-order valence-corrected chi connectivity index (χ1v) is 6.74. The van der Waals surface area contributed by atoms with Crippen molar-refractivity contribution in [2.45, 2.75) is 19.8 Å². The number of aromatic nitrogens is 2. The lowest BCUT2D eigenvalue weighted by molar-refractivity contribution is 0.548. The van der Waals surface area contributed by atoms with Crippen LogP contribution in [0.2, 0.25) is 0 Å². The zero-order chi connectivity index (χ0) is 12.4. The monoisotopic (exact) mass is 360 g/mol. The van der Waals surface area contributed by atoms with Gasteiger partial charge < -0.3 is 9.40 Å². The number of aromatic amines is 1. The van der Waals surface area contributed by atoms with E-state index in [2.05, 4.69) is 41.8 Å². The van der Waals surface area contributed by atoms with Crippen molar-refractivity contribution in [1.82, 2.24) is 9.97 Å². The number of nitrogens with zero attached hydrogens (tertiary/aromatic N) is 1. The van der Waals surface area contributed by atoms with Crippen molar-refractivity contribution < 1.29 is 4.42 Å². The number of halogens is 2. The smallest absolute Gasteiger partial charge is 0.251 e. The average molecular weight is 362 g/mol. The Hall–Kier alpha value is -0.880. The zero-order valence-corrected chi connectivity index (χ0v) is 12.3. The van der Waals surface area contributed by atoms with Crippen LogP contribution in [-0.4, -0.2) is 9.97 Å². The molecular weight excluding hydrogens is 352 g/mol. The quantitative estimate of drug-likeness (QED) is 0.909. The summed E-state index contributed by atoms with van der Waals surface area (Å²) in [4.78, 5) is 18.5. The highest BCUT2D eigenvalue weighted by Gasteiger charge is 2.11. The third kappa shape index (κ3) is 2.87. The molecule has 2 aromatic heterocycles. The van der Waals surface area contributed by atoms with Crippen LogP contribution >= 0.6 is 31.9 Å². The number of aryl methyl sites for hydroxylation is 1. The van der Waals surface area contributed by atoms with Gasteiger partial charge in [-0.2, -0.15) is 0 Å². The van der Waals surface area contributed by atoms with Gasteiger partial charge in [0.1, 0.15) is 0 Å². The summed E-state index contributed by atoms with van der Waals surface area (Å²) in [5, 5.41) is 0. The minimum atomic E-state index is -0.165. The molecule has 0 amide bonds. The van der Waals surface area contributed by atoms with Crippen molar-refractivity contribution in [3.63, 3.8) is 0 Å². The van der Waals surface area contributed by atoms with Crippen LogP contribution in [0.25, 0.3) is 11.6 Å². The second-order valence-electron chi connectivity index (χ2n) is 3.57. The molecule has 0 bridgehead atoms. The normalized spacial score (nSPS) is 10.8. The van der Waals surface area contributed by atoms with Crippen LogP contribution in [0.3, 0.4) is 0 Å². The van der Waals surface area contributed by atoms with E-state index in [0.29, 0.717) is 16.3 Å². The Morgan fingerprint density at radius 3 is 2.76 bits per heavy atom. The summed E-state index contributed by atoms with van der Waals surface area (Å²) in [6, 6.07) is 3.28. The van der Waals surface area contributed by atoms with E-state index in [1.807, 2.05) is 6.92 Å². The average Bonchev–Trinajstić information content (AvgIpc) is 2.59. The number of hydrogen-bond acceptors (Lipinski definition) is 3. The summed E-state index contributed by atoms with van der Waals surface area (Å²) < 4.78 is 6.79. The maximum absolute atomic E-state index is 11.5. The molecule has 0 saturated carbocycles.